The quantitative estimate of drug-likeness (QED) is 0.854. The van der Waals surface area contributed by atoms with E-state index in [1.807, 2.05) is 24.3 Å². The SMILES string of the molecule is O=C(O)C1CNC(c2cccc(OC3CC3)c2)C1. The minimum atomic E-state index is -0.713. The summed E-state index contributed by atoms with van der Waals surface area (Å²) in [6.45, 7) is 0.549. The first-order valence-corrected chi connectivity index (χ1v) is 6.45. The van der Waals surface area contributed by atoms with Crippen LogP contribution in [0.25, 0.3) is 0 Å². The number of nitrogens with one attached hydrogen (secondary N) is 1. The maximum Gasteiger partial charge on any atom is 0.307 e. The van der Waals surface area contributed by atoms with Crippen LogP contribution in [0.15, 0.2) is 24.3 Å². The maximum atomic E-state index is 10.9. The zero-order chi connectivity index (χ0) is 12.5. The van der Waals surface area contributed by atoms with Crippen LogP contribution in [0, 0.1) is 5.92 Å². The van der Waals surface area contributed by atoms with Gasteiger partial charge >= 0.3 is 5.97 Å². The summed E-state index contributed by atoms with van der Waals surface area (Å²) in [5.74, 6) is -0.0889. The fourth-order valence-electron chi connectivity index (χ4n) is 2.36. The number of hydrogen-bond donors (Lipinski definition) is 2. The van der Waals surface area contributed by atoms with E-state index in [1.165, 1.54) is 0 Å². The molecule has 0 aromatic heterocycles. The topological polar surface area (TPSA) is 58.6 Å². The number of aliphatic carboxylic acids is 1. The Hall–Kier alpha value is -1.55. The lowest BCUT2D eigenvalue weighted by atomic mass is 10.00. The van der Waals surface area contributed by atoms with E-state index in [1.54, 1.807) is 0 Å². The van der Waals surface area contributed by atoms with Gasteiger partial charge in [0, 0.05) is 12.6 Å². The molecule has 2 aliphatic rings. The van der Waals surface area contributed by atoms with Crippen LogP contribution >= 0.6 is 0 Å². The molecule has 2 unspecified atom stereocenters. The van der Waals surface area contributed by atoms with Gasteiger partial charge in [-0.25, -0.2) is 0 Å². The van der Waals surface area contributed by atoms with Crippen LogP contribution in [-0.2, 0) is 4.79 Å². The highest BCUT2D eigenvalue weighted by atomic mass is 16.5. The summed E-state index contributed by atoms with van der Waals surface area (Å²) in [6, 6.07) is 8.13. The molecular weight excluding hydrogens is 230 g/mol. The van der Waals surface area contributed by atoms with Crippen LogP contribution in [0.1, 0.15) is 30.9 Å². The standard InChI is InChI=1S/C14H17NO3/c16-14(17)10-7-13(15-8-10)9-2-1-3-12(6-9)18-11-4-5-11/h1-3,6,10-11,13,15H,4-5,7-8H2,(H,16,17). The monoisotopic (exact) mass is 247 g/mol. The zero-order valence-electron chi connectivity index (χ0n) is 10.1. The average Bonchev–Trinajstić information content (AvgIpc) is 3.03. The molecule has 0 radical (unpaired) electrons. The van der Waals surface area contributed by atoms with Crippen molar-refractivity contribution in [3.8, 4) is 5.75 Å². The Morgan fingerprint density at radius 3 is 2.89 bits per heavy atom. The van der Waals surface area contributed by atoms with Gasteiger partial charge in [-0.15, -0.1) is 0 Å². The summed E-state index contributed by atoms with van der Waals surface area (Å²) in [7, 11) is 0. The van der Waals surface area contributed by atoms with Crippen LogP contribution in [-0.4, -0.2) is 23.7 Å². The van der Waals surface area contributed by atoms with Crippen molar-refractivity contribution < 1.29 is 14.6 Å². The molecule has 4 heteroatoms. The lowest BCUT2D eigenvalue weighted by Crippen LogP contribution is -2.17. The first-order chi connectivity index (χ1) is 8.72. The Morgan fingerprint density at radius 2 is 2.22 bits per heavy atom. The smallest absolute Gasteiger partial charge is 0.307 e. The summed E-state index contributed by atoms with van der Waals surface area (Å²) in [5, 5.41) is 12.3. The molecule has 2 fully saturated rings. The Kier molecular flexibility index (Phi) is 2.96. The highest BCUT2D eigenvalue weighted by Crippen LogP contribution is 2.31. The molecule has 0 bridgehead atoms. The molecule has 1 heterocycles. The second-order valence-corrected chi connectivity index (χ2v) is 5.12. The normalized spacial score (nSPS) is 27.1. The second-order valence-electron chi connectivity index (χ2n) is 5.12. The zero-order valence-corrected chi connectivity index (χ0v) is 10.1. The fourth-order valence-corrected chi connectivity index (χ4v) is 2.36. The Morgan fingerprint density at radius 1 is 1.39 bits per heavy atom. The summed E-state index contributed by atoms with van der Waals surface area (Å²) in [5.41, 5.74) is 1.12. The molecule has 18 heavy (non-hydrogen) atoms. The molecule has 1 aliphatic carbocycles. The minimum absolute atomic E-state index is 0.133. The molecule has 1 aromatic rings. The first-order valence-electron chi connectivity index (χ1n) is 6.45. The molecule has 4 nitrogen and oxygen atoms in total. The molecule has 0 spiro atoms. The number of carboxylic acid groups (broad SMARTS) is 1. The third kappa shape index (κ3) is 2.48. The van der Waals surface area contributed by atoms with E-state index in [0.29, 0.717) is 19.1 Å². The van der Waals surface area contributed by atoms with Crippen LogP contribution in [0.4, 0.5) is 0 Å². The molecule has 96 valence electrons. The summed E-state index contributed by atoms with van der Waals surface area (Å²) >= 11 is 0. The average molecular weight is 247 g/mol. The Balaban J connectivity index is 1.70. The van der Waals surface area contributed by atoms with Gasteiger partial charge in [0.1, 0.15) is 5.75 Å². The Labute approximate surface area is 106 Å². The van der Waals surface area contributed by atoms with E-state index < -0.39 is 5.97 Å². The van der Waals surface area contributed by atoms with Crippen LogP contribution < -0.4 is 10.1 Å². The highest BCUT2D eigenvalue weighted by Gasteiger charge is 2.30. The van der Waals surface area contributed by atoms with Gasteiger partial charge in [-0.1, -0.05) is 12.1 Å². The van der Waals surface area contributed by atoms with Gasteiger partial charge in [0.2, 0.25) is 0 Å². The molecule has 1 saturated heterocycles. The second kappa shape index (κ2) is 4.61. The molecule has 2 atom stereocenters. The lowest BCUT2D eigenvalue weighted by Gasteiger charge is -2.12. The summed E-state index contributed by atoms with van der Waals surface area (Å²) < 4.78 is 5.76. The maximum absolute atomic E-state index is 10.9. The number of rotatable bonds is 4. The van der Waals surface area contributed by atoms with Gasteiger partial charge in [0.15, 0.2) is 0 Å². The van der Waals surface area contributed by atoms with Gasteiger partial charge in [0.05, 0.1) is 12.0 Å². The van der Waals surface area contributed by atoms with Crippen molar-refractivity contribution in [1.29, 1.82) is 0 Å². The van der Waals surface area contributed by atoms with Crippen LogP contribution in [0.2, 0.25) is 0 Å². The van der Waals surface area contributed by atoms with Crippen molar-refractivity contribution in [2.45, 2.75) is 31.4 Å². The number of carbonyl (C=O) groups is 1. The number of benzene rings is 1. The molecular formula is C14H17NO3. The largest absolute Gasteiger partial charge is 0.490 e. The number of carboxylic acids is 1. The van der Waals surface area contributed by atoms with E-state index in [2.05, 4.69) is 5.32 Å². The summed E-state index contributed by atoms with van der Waals surface area (Å²) in [4.78, 5) is 10.9. The van der Waals surface area contributed by atoms with E-state index in [-0.39, 0.29) is 12.0 Å². The van der Waals surface area contributed by atoms with Gasteiger partial charge < -0.3 is 15.2 Å². The molecule has 0 amide bonds. The molecule has 1 aliphatic heterocycles. The third-order valence-corrected chi connectivity index (χ3v) is 3.57. The molecule has 2 N–H and O–H groups in total. The Bertz CT molecular complexity index is 456. The molecule has 1 aromatic carbocycles. The van der Waals surface area contributed by atoms with Gasteiger partial charge in [0.25, 0.3) is 0 Å². The van der Waals surface area contributed by atoms with E-state index in [0.717, 1.165) is 24.2 Å². The highest BCUT2D eigenvalue weighted by molar-refractivity contribution is 5.70. The number of hydrogen-bond acceptors (Lipinski definition) is 3. The first kappa shape index (κ1) is 11.5. The van der Waals surface area contributed by atoms with Gasteiger partial charge in [-0.05, 0) is 37.0 Å². The minimum Gasteiger partial charge on any atom is -0.490 e. The predicted molar refractivity (Wildman–Crippen MR) is 66.6 cm³/mol. The number of ether oxygens (including phenoxy) is 1. The van der Waals surface area contributed by atoms with Gasteiger partial charge in [-0.3, -0.25) is 4.79 Å². The van der Waals surface area contributed by atoms with Crippen molar-refractivity contribution >= 4 is 5.97 Å². The van der Waals surface area contributed by atoms with Crippen molar-refractivity contribution in [2.24, 2.45) is 5.92 Å². The van der Waals surface area contributed by atoms with E-state index in [9.17, 15) is 4.79 Å². The van der Waals surface area contributed by atoms with Crippen molar-refractivity contribution in [3.05, 3.63) is 29.8 Å². The molecule has 1 saturated carbocycles. The molecule has 3 rings (SSSR count). The van der Waals surface area contributed by atoms with Crippen molar-refractivity contribution in [2.75, 3.05) is 6.54 Å². The van der Waals surface area contributed by atoms with E-state index in [4.69, 9.17) is 9.84 Å². The van der Waals surface area contributed by atoms with Crippen molar-refractivity contribution in [1.82, 2.24) is 5.32 Å². The van der Waals surface area contributed by atoms with Crippen LogP contribution in [0.3, 0.4) is 0 Å². The fraction of sp³-hybridized carbons (Fsp3) is 0.500. The lowest BCUT2D eigenvalue weighted by molar-refractivity contribution is -0.141. The van der Waals surface area contributed by atoms with Crippen LogP contribution in [0.5, 0.6) is 5.75 Å². The van der Waals surface area contributed by atoms with E-state index >= 15 is 0 Å². The van der Waals surface area contributed by atoms with Gasteiger partial charge in [-0.2, -0.15) is 0 Å². The third-order valence-electron chi connectivity index (χ3n) is 3.57. The predicted octanol–water partition coefficient (Wildman–Crippen LogP) is 1.96. The van der Waals surface area contributed by atoms with Crippen molar-refractivity contribution in [3.63, 3.8) is 0 Å². The summed E-state index contributed by atoms with van der Waals surface area (Å²) in [6.07, 6.45) is 3.34.